The molecule has 0 radical (unpaired) electrons. The average molecular weight is 1440 g/mol. The number of rotatable bonds is 6. The summed E-state index contributed by atoms with van der Waals surface area (Å²) in [6.45, 7) is 0. The first kappa shape index (κ1) is 66.2. The van der Waals surface area contributed by atoms with Crippen LogP contribution in [0.1, 0.15) is 0 Å². The SMILES string of the molecule is c1ccc(-c2c3ccccc3c(-c3c4ccccc4cc4c3ccc3ccccc34)c3ccccc23)cc1.c1ccc(-c2c3ccccc3c(-c3cc4cc5ccccc5cc4c4ccccc34)c3ccccc23)cc1.c1ccc(-c2c3ccccc3c(-c3ccc4c5ccccc5c5ccccc5c4c3)c3ccccc23)cc1. The highest BCUT2D eigenvalue weighted by Gasteiger charge is 2.24. The summed E-state index contributed by atoms with van der Waals surface area (Å²) >= 11 is 0. The second-order valence-corrected chi connectivity index (χ2v) is 30.2. The first-order valence-corrected chi connectivity index (χ1v) is 39.6. The van der Waals surface area contributed by atoms with Crippen LogP contribution in [0, 0.1) is 0 Å². The summed E-state index contributed by atoms with van der Waals surface area (Å²) < 4.78 is 0. The zero-order valence-corrected chi connectivity index (χ0v) is 62.6. The molecule has 24 aromatic rings. The van der Waals surface area contributed by atoms with Crippen LogP contribution in [0.15, 0.2) is 437 Å². The third-order valence-corrected chi connectivity index (χ3v) is 24.0. The van der Waals surface area contributed by atoms with Crippen LogP contribution in [0.5, 0.6) is 0 Å². The van der Waals surface area contributed by atoms with Crippen molar-refractivity contribution in [2.24, 2.45) is 0 Å². The minimum absolute atomic E-state index is 1.25. The van der Waals surface area contributed by atoms with Crippen LogP contribution in [-0.4, -0.2) is 0 Å². The molecule has 0 fully saturated rings. The van der Waals surface area contributed by atoms with Gasteiger partial charge in [-0.3, -0.25) is 0 Å². The van der Waals surface area contributed by atoms with Gasteiger partial charge in [0, 0.05) is 0 Å². The molecule has 0 heteroatoms. The fourth-order valence-electron chi connectivity index (χ4n) is 19.2. The van der Waals surface area contributed by atoms with Crippen LogP contribution >= 0.6 is 0 Å². The Hall–Kier alpha value is -14.8. The van der Waals surface area contributed by atoms with Gasteiger partial charge in [-0.05, 0) is 259 Å². The first-order valence-electron chi connectivity index (χ1n) is 39.6. The Morgan fingerprint density at radius 3 is 0.772 bits per heavy atom. The molecular formula is C114H72. The molecule has 24 rings (SSSR count). The highest BCUT2D eigenvalue weighted by atomic mass is 14.3. The predicted molar refractivity (Wildman–Crippen MR) is 495 cm³/mol. The minimum atomic E-state index is 1.25. The van der Waals surface area contributed by atoms with Gasteiger partial charge in [0.05, 0.1) is 0 Å². The molecule has 0 aliphatic heterocycles. The molecule has 0 saturated carbocycles. The summed E-state index contributed by atoms with van der Waals surface area (Å²) in [5, 5.41) is 38.7. The van der Waals surface area contributed by atoms with Crippen LogP contribution in [0.3, 0.4) is 0 Å². The van der Waals surface area contributed by atoms with Gasteiger partial charge in [0.1, 0.15) is 0 Å². The standard InChI is InChI=1S/3C38H24/c1-2-13-26(14-3-1)36-30-18-8-10-20-32(30)38(33-21-11-9-19-31(33)36)37-29-17-7-5-15-27(29)24-35-28-16-6-4-12-25(28)22-23-34(35)37;1-2-12-25(13-3-1)37-32-18-8-10-20-34(32)38(35-21-11-9-19-33(35)37)26-22-23-31-29-16-5-4-14-27(29)28-15-6-7-17-30(28)36(31)24-26;1-2-12-25(13-3-1)37-31-18-8-10-20-33(31)38(34-21-11-9-19-32(34)37)36-24-28-22-26-14-4-5-15-27(26)23-35(28)29-16-6-7-17-30(29)36/h3*1-24H. The smallest absolute Gasteiger partial charge is 0.00139 e. The Morgan fingerprint density at radius 2 is 0.342 bits per heavy atom. The average Bonchev–Trinajstić information content (AvgIpc) is 0.723. The van der Waals surface area contributed by atoms with Crippen LogP contribution in [0.2, 0.25) is 0 Å². The Bertz CT molecular complexity index is 7790. The largest absolute Gasteiger partial charge is 0.0622 e. The van der Waals surface area contributed by atoms with E-state index in [1.54, 1.807) is 0 Å². The molecular weight excluding hydrogens is 1370 g/mol. The van der Waals surface area contributed by atoms with E-state index in [-0.39, 0.29) is 0 Å². The fourth-order valence-corrected chi connectivity index (χ4v) is 19.2. The van der Waals surface area contributed by atoms with Gasteiger partial charge in [0.25, 0.3) is 0 Å². The van der Waals surface area contributed by atoms with E-state index in [0.29, 0.717) is 0 Å². The lowest BCUT2D eigenvalue weighted by Crippen LogP contribution is -1.93. The van der Waals surface area contributed by atoms with E-state index in [1.807, 2.05) is 0 Å². The first-order chi connectivity index (χ1) is 56.6. The van der Waals surface area contributed by atoms with Crippen LogP contribution in [0.4, 0.5) is 0 Å². The number of hydrogen-bond donors (Lipinski definition) is 0. The second kappa shape index (κ2) is 27.6. The quantitative estimate of drug-likeness (QED) is 0.115. The number of fused-ring (bicyclic) bond motifs is 20. The van der Waals surface area contributed by atoms with Crippen molar-refractivity contribution in [1.82, 2.24) is 0 Å². The summed E-state index contributed by atoms with van der Waals surface area (Å²) in [7, 11) is 0. The van der Waals surface area contributed by atoms with Crippen molar-refractivity contribution in [2.75, 3.05) is 0 Å². The van der Waals surface area contributed by atoms with Crippen molar-refractivity contribution < 1.29 is 0 Å². The number of hydrogen-bond acceptors (Lipinski definition) is 0. The zero-order valence-electron chi connectivity index (χ0n) is 62.6. The summed E-state index contributed by atoms with van der Waals surface area (Å²) in [6.07, 6.45) is 0. The van der Waals surface area contributed by atoms with E-state index >= 15 is 0 Å². The lowest BCUT2D eigenvalue weighted by atomic mass is 9.82. The van der Waals surface area contributed by atoms with E-state index in [4.69, 9.17) is 0 Å². The molecule has 0 nitrogen and oxygen atoms in total. The van der Waals surface area contributed by atoms with E-state index in [9.17, 15) is 0 Å². The maximum atomic E-state index is 2.42. The highest BCUT2D eigenvalue weighted by molar-refractivity contribution is 6.32. The summed E-state index contributed by atoms with van der Waals surface area (Å²) in [4.78, 5) is 0. The molecule has 24 aromatic carbocycles. The van der Waals surface area contributed by atoms with Gasteiger partial charge in [-0.15, -0.1) is 0 Å². The van der Waals surface area contributed by atoms with Gasteiger partial charge in [-0.2, -0.15) is 0 Å². The molecule has 0 atom stereocenters. The normalized spacial score (nSPS) is 11.7. The summed E-state index contributed by atoms with van der Waals surface area (Å²) in [5.74, 6) is 0. The zero-order chi connectivity index (χ0) is 75.2. The summed E-state index contributed by atoms with van der Waals surface area (Å²) in [6, 6.07) is 160. The van der Waals surface area contributed by atoms with Crippen molar-refractivity contribution in [3.63, 3.8) is 0 Å². The van der Waals surface area contributed by atoms with E-state index in [2.05, 4.69) is 437 Å². The lowest BCUT2D eigenvalue weighted by Gasteiger charge is -2.20. The maximum Gasteiger partial charge on any atom is -0.00139 e. The third-order valence-electron chi connectivity index (χ3n) is 24.0. The van der Waals surface area contributed by atoms with Gasteiger partial charge in [0.2, 0.25) is 0 Å². The van der Waals surface area contributed by atoms with E-state index in [0.717, 1.165) is 0 Å². The van der Waals surface area contributed by atoms with E-state index in [1.165, 1.54) is 228 Å². The molecule has 0 aliphatic carbocycles. The molecule has 528 valence electrons. The van der Waals surface area contributed by atoms with Crippen molar-refractivity contribution >= 4 is 162 Å². The molecule has 0 amide bonds. The Morgan fingerprint density at radius 1 is 0.0877 bits per heavy atom. The van der Waals surface area contributed by atoms with Crippen LogP contribution < -0.4 is 0 Å². The van der Waals surface area contributed by atoms with Crippen molar-refractivity contribution in [1.29, 1.82) is 0 Å². The van der Waals surface area contributed by atoms with Crippen molar-refractivity contribution in [3.8, 4) is 66.8 Å². The molecule has 0 aliphatic rings. The third kappa shape index (κ3) is 10.9. The maximum absolute atomic E-state index is 2.42. The molecule has 0 unspecified atom stereocenters. The second-order valence-electron chi connectivity index (χ2n) is 30.2. The molecule has 0 heterocycles. The topological polar surface area (TPSA) is 0 Å². The van der Waals surface area contributed by atoms with E-state index < -0.39 is 0 Å². The molecule has 0 bridgehead atoms. The molecule has 0 N–H and O–H groups in total. The van der Waals surface area contributed by atoms with Gasteiger partial charge in [-0.1, -0.05) is 406 Å². The molecule has 114 heavy (non-hydrogen) atoms. The monoisotopic (exact) mass is 1440 g/mol. The number of benzene rings is 24. The minimum Gasteiger partial charge on any atom is -0.0622 e. The summed E-state index contributed by atoms with van der Waals surface area (Å²) in [5.41, 5.74) is 15.4. The highest BCUT2D eigenvalue weighted by Crippen LogP contribution is 2.52. The van der Waals surface area contributed by atoms with Gasteiger partial charge >= 0.3 is 0 Å². The Labute approximate surface area is 660 Å². The molecule has 0 aromatic heterocycles. The fraction of sp³-hybridized carbons (Fsp3) is 0. The lowest BCUT2D eigenvalue weighted by molar-refractivity contribution is 1.66. The van der Waals surface area contributed by atoms with Crippen molar-refractivity contribution in [3.05, 3.63) is 437 Å². The van der Waals surface area contributed by atoms with Crippen LogP contribution in [0.25, 0.3) is 228 Å². The van der Waals surface area contributed by atoms with Crippen LogP contribution in [-0.2, 0) is 0 Å². The Kier molecular flexibility index (Phi) is 16.0. The van der Waals surface area contributed by atoms with Gasteiger partial charge in [0.15, 0.2) is 0 Å². The van der Waals surface area contributed by atoms with Gasteiger partial charge in [-0.25, -0.2) is 0 Å². The Balaban J connectivity index is 0.000000104. The predicted octanol–water partition coefficient (Wildman–Crippen LogP) is 32.4. The van der Waals surface area contributed by atoms with Crippen molar-refractivity contribution in [2.45, 2.75) is 0 Å². The molecule has 0 spiro atoms. The van der Waals surface area contributed by atoms with Gasteiger partial charge < -0.3 is 0 Å². The molecule has 0 saturated heterocycles.